The molecule has 5 N–H and O–H groups in total. The standard InChI is InChI=1S/C16H13N5/c17-15-13-10-6-7-19-12(10)8-11(9-4-2-1-3-5-9)14(13)20-16(18)21-15/h1-8,19H,(H4,17,18,20,21). The van der Waals surface area contributed by atoms with Gasteiger partial charge in [0.05, 0.1) is 10.9 Å². The first-order chi connectivity index (χ1) is 10.2. The van der Waals surface area contributed by atoms with Crippen LogP contribution in [0.25, 0.3) is 32.9 Å². The van der Waals surface area contributed by atoms with Gasteiger partial charge in [-0.05, 0) is 17.7 Å². The van der Waals surface area contributed by atoms with Gasteiger partial charge in [0.25, 0.3) is 0 Å². The van der Waals surface area contributed by atoms with Crippen molar-refractivity contribution in [3.63, 3.8) is 0 Å². The molecule has 0 spiro atoms. The topological polar surface area (TPSA) is 93.6 Å². The second kappa shape index (κ2) is 4.21. The van der Waals surface area contributed by atoms with Gasteiger partial charge in [0.15, 0.2) is 0 Å². The van der Waals surface area contributed by atoms with Gasteiger partial charge in [-0.3, -0.25) is 0 Å². The highest BCUT2D eigenvalue weighted by Gasteiger charge is 2.14. The first-order valence-electron chi connectivity index (χ1n) is 6.62. The number of nitrogens with one attached hydrogen (secondary N) is 1. The molecule has 5 nitrogen and oxygen atoms in total. The maximum absolute atomic E-state index is 6.08. The summed E-state index contributed by atoms with van der Waals surface area (Å²) >= 11 is 0. The number of rotatable bonds is 1. The fraction of sp³-hybridized carbons (Fsp3) is 0. The number of aromatic nitrogens is 3. The van der Waals surface area contributed by atoms with E-state index in [1.165, 1.54) is 0 Å². The normalized spacial score (nSPS) is 11.2. The highest BCUT2D eigenvalue weighted by Crippen LogP contribution is 2.35. The summed E-state index contributed by atoms with van der Waals surface area (Å²) in [6.45, 7) is 0. The molecular weight excluding hydrogens is 262 g/mol. The molecule has 0 unspecified atom stereocenters. The molecule has 0 saturated carbocycles. The van der Waals surface area contributed by atoms with Crippen LogP contribution in [0.4, 0.5) is 11.8 Å². The second-order valence-corrected chi connectivity index (χ2v) is 4.92. The van der Waals surface area contributed by atoms with Crippen molar-refractivity contribution in [2.24, 2.45) is 0 Å². The number of benzene rings is 2. The summed E-state index contributed by atoms with van der Waals surface area (Å²) in [7, 11) is 0. The Bertz CT molecular complexity index is 957. The lowest BCUT2D eigenvalue weighted by Gasteiger charge is -2.10. The van der Waals surface area contributed by atoms with Crippen molar-refractivity contribution in [2.75, 3.05) is 11.5 Å². The van der Waals surface area contributed by atoms with E-state index in [0.717, 1.165) is 32.9 Å². The molecule has 0 bridgehead atoms. The van der Waals surface area contributed by atoms with E-state index in [2.05, 4.69) is 21.0 Å². The molecule has 0 atom stereocenters. The molecule has 0 amide bonds. The highest BCUT2D eigenvalue weighted by atomic mass is 15.0. The maximum atomic E-state index is 6.08. The van der Waals surface area contributed by atoms with Gasteiger partial charge < -0.3 is 16.5 Å². The van der Waals surface area contributed by atoms with Crippen LogP contribution in [0.2, 0.25) is 0 Å². The summed E-state index contributed by atoms with van der Waals surface area (Å²) in [5.74, 6) is 0.590. The van der Waals surface area contributed by atoms with E-state index in [-0.39, 0.29) is 5.95 Å². The molecular formula is C16H13N5. The third-order valence-electron chi connectivity index (χ3n) is 3.63. The lowest BCUT2D eigenvalue weighted by atomic mass is 10.00. The summed E-state index contributed by atoms with van der Waals surface area (Å²) in [6.07, 6.45) is 1.88. The Morgan fingerprint density at radius 1 is 0.952 bits per heavy atom. The van der Waals surface area contributed by atoms with Gasteiger partial charge in [0.2, 0.25) is 5.95 Å². The van der Waals surface area contributed by atoms with Gasteiger partial charge in [-0.2, -0.15) is 4.98 Å². The number of hydrogen-bond donors (Lipinski definition) is 3. The number of H-pyrrole nitrogens is 1. The van der Waals surface area contributed by atoms with Crippen molar-refractivity contribution in [1.82, 2.24) is 15.0 Å². The third kappa shape index (κ3) is 1.71. The molecule has 0 fully saturated rings. The predicted octanol–water partition coefficient (Wildman–Crippen LogP) is 2.94. The van der Waals surface area contributed by atoms with E-state index in [0.29, 0.717) is 5.82 Å². The molecule has 0 radical (unpaired) electrons. The van der Waals surface area contributed by atoms with Gasteiger partial charge in [-0.1, -0.05) is 30.3 Å². The van der Waals surface area contributed by atoms with Gasteiger partial charge in [0, 0.05) is 22.7 Å². The summed E-state index contributed by atoms with van der Waals surface area (Å²) in [4.78, 5) is 11.7. The lowest BCUT2D eigenvalue weighted by Crippen LogP contribution is -2.01. The molecule has 4 aromatic rings. The van der Waals surface area contributed by atoms with Crippen LogP contribution in [0.1, 0.15) is 0 Å². The van der Waals surface area contributed by atoms with Crippen LogP contribution < -0.4 is 11.5 Å². The second-order valence-electron chi connectivity index (χ2n) is 4.92. The number of hydrogen-bond acceptors (Lipinski definition) is 4. The van der Waals surface area contributed by atoms with Gasteiger partial charge in [-0.15, -0.1) is 0 Å². The number of nitrogen functional groups attached to an aromatic ring is 2. The minimum Gasteiger partial charge on any atom is -0.383 e. The Kier molecular flexibility index (Phi) is 2.35. The van der Waals surface area contributed by atoms with Gasteiger partial charge in [-0.25, -0.2) is 4.98 Å². The van der Waals surface area contributed by atoms with Crippen molar-refractivity contribution in [3.8, 4) is 11.1 Å². The predicted molar refractivity (Wildman–Crippen MR) is 85.7 cm³/mol. The van der Waals surface area contributed by atoms with Crippen molar-refractivity contribution < 1.29 is 0 Å². The van der Waals surface area contributed by atoms with Crippen LogP contribution >= 0.6 is 0 Å². The SMILES string of the molecule is Nc1nc(N)c2c(n1)c(-c1ccccc1)cc1[nH]ccc12. The maximum Gasteiger partial charge on any atom is 0.222 e. The molecule has 2 aromatic heterocycles. The molecule has 5 heteroatoms. The van der Waals surface area contributed by atoms with E-state index in [1.54, 1.807) is 0 Å². The molecule has 0 aliphatic carbocycles. The number of nitrogens with zero attached hydrogens (tertiary/aromatic N) is 2. The summed E-state index contributed by atoms with van der Waals surface area (Å²) in [5.41, 5.74) is 15.7. The van der Waals surface area contributed by atoms with Gasteiger partial charge in [0.1, 0.15) is 5.82 Å². The average molecular weight is 275 g/mol. The van der Waals surface area contributed by atoms with Crippen LogP contribution in [0.5, 0.6) is 0 Å². The molecule has 4 rings (SSSR count). The number of fused-ring (bicyclic) bond motifs is 3. The van der Waals surface area contributed by atoms with Crippen molar-refractivity contribution in [1.29, 1.82) is 0 Å². The molecule has 0 aliphatic rings. The monoisotopic (exact) mass is 275 g/mol. The van der Waals surface area contributed by atoms with E-state index >= 15 is 0 Å². The highest BCUT2D eigenvalue weighted by molar-refractivity contribution is 6.15. The van der Waals surface area contributed by atoms with Crippen molar-refractivity contribution >= 4 is 33.6 Å². The Morgan fingerprint density at radius 2 is 1.76 bits per heavy atom. The number of aromatic amines is 1. The zero-order valence-electron chi connectivity index (χ0n) is 11.2. The average Bonchev–Trinajstić information content (AvgIpc) is 2.94. The zero-order valence-corrected chi connectivity index (χ0v) is 11.2. The summed E-state index contributed by atoms with van der Waals surface area (Å²) in [6, 6.07) is 14.1. The minimum absolute atomic E-state index is 0.187. The van der Waals surface area contributed by atoms with E-state index in [4.69, 9.17) is 11.5 Å². The fourth-order valence-electron chi connectivity index (χ4n) is 2.73. The lowest BCUT2D eigenvalue weighted by molar-refractivity contribution is 1.25. The largest absolute Gasteiger partial charge is 0.383 e. The first kappa shape index (κ1) is 11.7. The number of nitrogens with two attached hydrogens (primary N) is 2. The van der Waals surface area contributed by atoms with Crippen LogP contribution in [-0.4, -0.2) is 15.0 Å². The van der Waals surface area contributed by atoms with E-state index in [9.17, 15) is 0 Å². The van der Waals surface area contributed by atoms with Crippen LogP contribution in [0.15, 0.2) is 48.7 Å². The third-order valence-corrected chi connectivity index (χ3v) is 3.63. The van der Waals surface area contributed by atoms with Crippen molar-refractivity contribution in [2.45, 2.75) is 0 Å². The Labute approximate surface area is 120 Å². The molecule has 0 aliphatic heterocycles. The molecule has 2 heterocycles. The summed E-state index contributed by atoms with van der Waals surface area (Å²) in [5, 5.41) is 1.84. The number of anilines is 2. The minimum atomic E-state index is 0.187. The first-order valence-corrected chi connectivity index (χ1v) is 6.62. The quantitative estimate of drug-likeness (QED) is 0.498. The summed E-state index contributed by atoms with van der Waals surface area (Å²) < 4.78 is 0. The Balaban J connectivity index is 2.23. The van der Waals surface area contributed by atoms with Crippen LogP contribution in [-0.2, 0) is 0 Å². The Hall–Kier alpha value is -3.08. The van der Waals surface area contributed by atoms with Crippen molar-refractivity contribution in [3.05, 3.63) is 48.7 Å². The zero-order chi connectivity index (χ0) is 14.4. The van der Waals surface area contributed by atoms with Gasteiger partial charge >= 0.3 is 0 Å². The van der Waals surface area contributed by atoms with E-state index < -0.39 is 0 Å². The fourth-order valence-corrected chi connectivity index (χ4v) is 2.73. The molecule has 102 valence electrons. The smallest absolute Gasteiger partial charge is 0.222 e. The van der Waals surface area contributed by atoms with Crippen LogP contribution in [0, 0.1) is 0 Å². The molecule has 2 aromatic carbocycles. The van der Waals surface area contributed by atoms with E-state index in [1.807, 2.05) is 42.6 Å². The molecule has 0 saturated heterocycles. The Morgan fingerprint density at radius 3 is 2.57 bits per heavy atom. The van der Waals surface area contributed by atoms with Crippen LogP contribution in [0.3, 0.4) is 0 Å². The molecule has 21 heavy (non-hydrogen) atoms.